The number of nitrogens with zero attached hydrogens (tertiary/aromatic N) is 1. The Bertz CT molecular complexity index is 695. The first-order valence-corrected chi connectivity index (χ1v) is 9.44. The summed E-state index contributed by atoms with van der Waals surface area (Å²) in [6.45, 7) is 7.56. The molecule has 0 aliphatic carbocycles. The van der Waals surface area contributed by atoms with Crippen molar-refractivity contribution in [1.29, 1.82) is 0 Å². The lowest BCUT2D eigenvalue weighted by molar-refractivity contribution is 0.0322. The summed E-state index contributed by atoms with van der Waals surface area (Å²) in [5.74, 6) is 0.818. The summed E-state index contributed by atoms with van der Waals surface area (Å²) < 4.78 is 11.2. The van der Waals surface area contributed by atoms with Gasteiger partial charge in [-0.2, -0.15) is 0 Å². The fourth-order valence-corrected chi connectivity index (χ4v) is 3.57. The summed E-state index contributed by atoms with van der Waals surface area (Å²) in [5.41, 5.74) is 2.05. The molecule has 0 radical (unpaired) electrons. The molecule has 0 spiro atoms. The van der Waals surface area contributed by atoms with Gasteiger partial charge in [0.15, 0.2) is 0 Å². The van der Waals surface area contributed by atoms with Crippen LogP contribution in [0.1, 0.15) is 20.8 Å². The van der Waals surface area contributed by atoms with E-state index in [0.29, 0.717) is 13.2 Å². The maximum absolute atomic E-state index is 12.2. The highest BCUT2D eigenvalue weighted by molar-refractivity contribution is 7.12. The molecule has 3 rings (SSSR count). The second-order valence-electron chi connectivity index (χ2n) is 6.07. The van der Waals surface area contributed by atoms with Crippen LogP contribution in [0.2, 0.25) is 0 Å². The van der Waals surface area contributed by atoms with Crippen molar-refractivity contribution >= 4 is 17.2 Å². The number of hydrogen-bond donors (Lipinski definition) is 1. The SMILES string of the molecule is Cc1ccsc1C(=O)NCc1cccc(OCCN2CCOCC2)c1. The maximum Gasteiger partial charge on any atom is 0.261 e. The molecule has 1 aliphatic rings. The average molecular weight is 360 g/mol. The van der Waals surface area contributed by atoms with Crippen molar-refractivity contribution in [2.75, 3.05) is 39.5 Å². The molecule has 6 heteroatoms. The number of carbonyl (C=O) groups is 1. The van der Waals surface area contributed by atoms with Gasteiger partial charge in [-0.15, -0.1) is 11.3 Å². The smallest absolute Gasteiger partial charge is 0.261 e. The number of morpholine rings is 1. The zero-order valence-corrected chi connectivity index (χ0v) is 15.3. The Hall–Kier alpha value is -1.89. The van der Waals surface area contributed by atoms with Crippen LogP contribution in [-0.2, 0) is 11.3 Å². The number of rotatable bonds is 7. The van der Waals surface area contributed by atoms with E-state index in [1.54, 1.807) is 0 Å². The van der Waals surface area contributed by atoms with E-state index in [1.165, 1.54) is 11.3 Å². The van der Waals surface area contributed by atoms with Crippen molar-refractivity contribution in [2.45, 2.75) is 13.5 Å². The first-order chi connectivity index (χ1) is 12.2. The van der Waals surface area contributed by atoms with Gasteiger partial charge in [0.25, 0.3) is 5.91 Å². The molecule has 1 N–H and O–H groups in total. The Morgan fingerprint density at radius 1 is 1.32 bits per heavy atom. The first kappa shape index (κ1) is 17.9. The fourth-order valence-electron chi connectivity index (χ4n) is 2.73. The van der Waals surface area contributed by atoms with Gasteiger partial charge < -0.3 is 14.8 Å². The number of benzene rings is 1. The molecular formula is C19H24N2O3S. The molecule has 0 unspecified atom stereocenters. The molecule has 1 fully saturated rings. The van der Waals surface area contributed by atoms with E-state index in [2.05, 4.69) is 10.2 Å². The number of hydrogen-bond acceptors (Lipinski definition) is 5. The minimum Gasteiger partial charge on any atom is -0.492 e. The molecule has 1 aromatic heterocycles. The van der Waals surface area contributed by atoms with Gasteiger partial charge in [-0.25, -0.2) is 0 Å². The van der Waals surface area contributed by atoms with Gasteiger partial charge in [-0.1, -0.05) is 12.1 Å². The monoisotopic (exact) mass is 360 g/mol. The van der Waals surface area contributed by atoms with E-state index in [-0.39, 0.29) is 5.91 Å². The van der Waals surface area contributed by atoms with E-state index < -0.39 is 0 Å². The molecule has 0 atom stereocenters. The van der Waals surface area contributed by atoms with Crippen molar-refractivity contribution in [3.63, 3.8) is 0 Å². The molecule has 25 heavy (non-hydrogen) atoms. The Morgan fingerprint density at radius 2 is 2.16 bits per heavy atom. The summed E-state index contributed by atoms with van der Waals surface area (Å²) in [6, 6.07) is 9.86. The zero-order valence-electron chi connectivity index (χ0n) is 14.5. The molecule has 1 saturated heterocycles. The molecule has 2 aromatic rings. The third kappa shape index (κ3) is 5.29. The van der Waals surface area contributed by atoms with E-state index in [0.717, 1.165) is 54.6 Å². The minimum absolute atomic E-state index is 0.0221. The average Bonchev–Trinajstić information content (AvgIpc) is 3.07. The topological polar surface area (TPSA) is 50.8 Å². The van der Waals surface area contributed by atoms with Crippen molar-refractivity contribution in [2.24, 2.45) is 0 Å². The van der Waals surface area contributed by atoms with E-state index in [4.69, 9.17) is 9.47 Å². The summed E-state index contributed by atoms with van der Waals surface area (Å²) >= 11 is 1.47. The molecule has 0 saturated carbocycles. The van der Waals surface area contributed by atoms with Crippen LogP contribution in [0.5, 0.6) is 5.75 Å². The normalized spacial score (nSPS) is 15.1. The van der Waals surface area contributed by atoms with Crippen LogP contribution in [0.15, 0.2) is 35.7 Å². The van der Waals surface area contributed by atoms with Crippen LogP contribution in [-0.4, -0.2) is 50.3 Å². The zero-order chi connectivity index (χ0) is 17.5. The summed E-state index contributed by atoms with van der Waals surface area (Å²) in [4.78, 5) is 15.3. The van der Waals surface area contributed by atoms with E-state index in [9.17, 15) is 4.79 Å². The number of carbonyl (C=O) groups excluding carboxylic acids is 1. The Morgan fingerprint density at radius 3 is 2.92 bits per heavy atom. The third-order valence-electron chi connectivity index (χ3n) is 4.20. The second kappa shape index (κ2) is 8.99. The Kier molecular flexibility index (Phi) is 6.44. The van der Waals surface area contributed by atoms with Crippen molar-refractivity contribution in [1.82, 2.24) is 10.2 Å². The van der Waals surface area contributed by atoms with Gasteiger partial charge in [0.1, 0.15) is 12.4 Å². The summed E-state index contributed by atoms with van der Waals surface area (Å²) in [6.07, 6.45) is 0. The van der Waals surface area contributed by atoms with Crippen LogP contribution in [0.4, 0.5) is 0 Å². The van der Waals surface area contributed by atoms with Crippen molar-refractivity contribution in [3.05, 3.63) is 51.7 Å². The van der Waals surface area contributed by atoms with Crippen molar-refractivity contribution in [3.8, 4) is 5.75 Å². The minimum atomic E-state index is -0.0221. The number of aryl methyl sites for hydroxylation is 1. The standard InChI is InChI=1S/C19H24N2O3S/c1-15-5-12-25-18(15)19(22)20-14-16-3-2-4-17(13-16)24-11-8-21-6-9-23-10-7-21/h2-5,12-13H,6-11,14H2,1H3,(H,20,22). The van der Waals surface area contributed by atoms with Crippen LogP contribution in [0.25, 0.3) is 0 Å². The van der Waals surface area contributed by atoms with Gasteiger partial charge in [-0.05, 0) is 41.6 Å². The lowest BCUT2D eigenvalue weighted by Crippen LogP contribution is -2.38. The van der Waals surface area contributed by atoms with E-state index >= 15 is 0 Å². The quantitative estimate of drug-likeness (QED) is 0.825. The Balaban J connectivity index is 1.46. The summed E-state index contributed by atoms with van der Waals surface area (Å²) in [7, 11) is 0. The molecule has 2 heterocycles. The number of ether oxygens (including phenoxy) is 2. The number of amides is 1. The lowest BCUT2D eigenvalue weighted by atomic mass is 10.2. The maximum atomic E-state index is 12.2. The van der Waals surface area contributed by atoms with Gasteiger partial charge in [-0.3, -0.25) is 9.69 Å². The number of nitrogens with one attached hydrogen (secondary N) is 1. The highest BCUT2D eigenvalue weighted by Crippen LogP contribution is 2.16. The predicted octanol–water partition coefficient (Wildman–Crippen LogP) is 2.70. The van der Waals surface area contributed by atoms with Crippen molar-refractivity contribution < 1.29 is 14.3 Å². The third-order valence-corrected chi connectivity index (χ3v) is 5.22. The molecule has 1 aliphatic heterocycles. The molecule has 5 nitrogen and oxygen atoms in total. The van der Waals surface area contributed by atoms with Crippen LogP contribution in [0.3, 0.4) is 0 Å². The molecule has 1 aromatic carbocycles. The number of thiophene rings is 1. The highest BCUT2D eigenvalue weighted by atomic mass is 32.1. The molecule has 1 amide bonds. The lowest BCUT2D eigenvalue weighted by Gasteiger charge is -2.26. The largest absolute Gasteiger partial charge is 0.492 e. The van der Waals surface area contributed by atoms with Gasteiger partial charge >= 0.3 is 0 Å². The van der Waals surface area contributed by atoms with Crippen LogP contribution in [0, 0.1) is 6.92 Å². The van der Waals surface area contributed by atoms with Crippen LogP contribution >= 0.6 is 11.3 Å². The Labute approximate surface area is 152 Å². The molecule has 0 bridgehead atoms. The van der Waals surface area contributed by atoms with E-state index in [1.807, 2.05) is 42.6 Å². The predicted molar refractivity (Wildman–Crippen MR) is 99.4 cm³/mol. The van der Waals surface area contributed by atoms with Gasteiger partial charge in [0.05, 0.1) is 18.1 Å². The second-order valence-corrected chi connectivity index (χ2v) is 6.98. The van der Waals surface area contributed by atoms with Gasteiger partial charge in [0, 0.05) is 26.2 Å². The van der Waals surface area contributed by atoms with Gasteiger partial charge in [0.2, 0.25) is 0 Å². The summed E-state index contributed by atoms with van der Waals surface area (Å²) in [5, 5.41) is 4.91. The fraction of sp³-hybridized carbons (Fsp3) is 0.421. The highest BCUT2D eigenvalue weighted by Gasteiger charge is 2.11. The molecule has 134 valence electrons. The van der Waals surface area contributed by atoms with Crippen LogP contribution < -0.4 is 10.1 Å². The first-order valence-electron chi connectivity index (χ1n) is 8.56. The molecular weight excluding hydrogens is 336 g/mol.